The second-order valence-corrected chi connectivity index (χ2v) is 47.2. The fourth-order valence-corrected chi connectivity index (χ4v) is 22.5. The van der Waals surface area contributed by atoms with E-state index in [-0.39, 0.29) is 283 Å². The second-order valence-electron chi connectivity index (χ2n) is 43.7. The lowest BCUT2D eigenvalue weighted by Gasteiger charge is -2.42. The van der Waals surface area contributed by atoms with E-state index in [1.54, 1.807) is 92.6 Å². The Labute approximate surface area is 875 Å². The third kappa shape index (κ3) is 50.0. The molecule has 816 valence electrons. The Kier molecular flexibility index (Phi) is 61.4. The normalized spacial score (nSPS) is 24.6. The predicted octanol–water partition coefficient (Wildman–Crippen LogP) is 15.2. The number of aliphatic imine (C=N–C) groups is 2. The number of nitrogens with two attached hydrogens (primary N) is 4. The van der Waals surface area contributed by atoms with Crippen LogP contribution in [0.3, 0.4) is 0 Å². The van der Waals surface area contributed by atoms with Gasteiger partial charge in [-0.25, -0.2) is 0 Å². The number of ketones is 16. The summed E-state index contributed by atoms with van der Waals surface area (Å²) in [6.07, 6.45) is 0.248. The Morgan fingerprint density at radius 2 is 0.793 bits per heavy atom. The first-order valence-corrected chi connectivity index (χ1v) is 56.5. The number of unbranched alkanes of at least 4 members (excludes halogenated alkanes) is 2. The van der Waals surface area contributed by atoms with E-state index in [2.05, 4.69) is 37.7 Å². The molecule has 0 spiro atoms. The number of nitrogens with zero attached hydrogens (tertiary/aromatic N) is 5. The molecule has 2 unspecified atom stereocenters. The van der Waals surface area contributed by atoms with Gasteiger partial charge < -0.3 is 47.8 Å². The van der Waals surface area contributed by atoms with Crippen molar-refractivity contribution in [1.29, 1.82) is 0 Å². The van der Waals surface area contributed by atoms with E-state index in [1.807, 2.05) is 27.7 Å². The van der Waals surface area contributed by atoms with Crippen LogP contribution in [0.25, 0.3) is 0 Å². The molecule has 10 N–H and O–H groups in total. The number of thioether (sulfide) groups is 3. The van der Waals surface area contributed by atoms with Crippen molar-refractivity contribution in [1.82, 2.24) is 14.7 Å². The summed E-state index contributed by atoms with van der Waals surface area (Å²) in [5.74, 6) is -19.3. The molecule has 3 heterocycles. The number of carboxylic acids is 1. The topological polar surface area (TPSA) is 520 Å². The van der Waals surface area contributed by atoms with Crippen LogP contribution in [0.1, 0.15) is 323 Å². The molecule has 0 radical (unpaired) electrons. The van der Waals surface area contributed by atoms with Crippen LogP contribution in [0.15, 0.2) is 40.3 Å². The first-order valence-electron chi connectivity index (χ1n) is 53.1. The van der Waals surface area contributed by atoms with Crippen molar-refractivity contribution in [2.24, 2.45) is 163 Å². The summed E-state index contributed by atoms with van der Waals surface area (Å²) in [5.41, 5.74) is 22.5. The number of aliphatic hydroxyl groups is 1. The van der Waals surface area contributed by atoms with Crippen LogP contribution in [-0.4, -0.2) is 227 Å². The minimum Gasteiger partial charge on any atom is -0.481 e. The van der Waals surface area contributed by atoms with Gasteiger partial charge in [-0.2, -0.15) is 35.3 Å². The molecule has 4 rings (SSSR count). The standard InChI is InChI=1S/C85H130N6O17S3.C26H47N3O5/c1-50(2)30-62-36-70(94)54(9)32-75(99)65-39-80(104)68(53(7)8)41-72(96)56(11)33-78(102)66(51(3)4)42-73(97)57(12)44-109-27-23-82(106)89-47-90(49-91(48-89)84(108)25-29-111-46-65)83(107)24-28-110-45-64(58(13)92)38-79(103)67(52(5)6)40-71(95)55(10)31-74(98)61(22-18-19-26-88-85(86)87)35-81(105)69(59(14)93)43-77(101)63(37-76(62)100)34-60-20-16-15-17-21-60;1-6-22(30)19(9-7-8-12-29-26(27)28)15-23(31)20(10-11-25(33)34)16-24(32)21(13-17(2)3)14-18(4)5/h15-17,20-21,50-57,59,61-69,93H,18-19,22-49H2,1-14H3,(H4,86,87,88);17-21H,6-16H2,1-5H3,(H,33,34)(H4,27,28,29)/t54-,55-,56?,57+,59?,61-,62-,63-,64+,65+,66+,67+,68+,69+;19-,20-/m00/s1. The third-order valence-corrected chi connectivity index (χ3v) is 32.1. The predicted molar refractivity (Wildman–Crippen MR) is 571 cm³/mol. The number of Topliss-reactive ketones (excluding diaryl/α,β-unsaturated/α-hetero) is 16. The van der Waals surface area contributed by atoms with Crippen LogP contribution >= 0.6 is 35.3 Å². The maximum atomic E-state index is 15.0. The number of fused-ring (bicyclic) bond motifs is 7. The Balaban J connectivity index is 0.00000134. The number of hydrogen-bond acceptors (Lipinski definition) is 26. The van der Waals surface area contributed by atoms with Gasteiger partial charge >= 0.3 is 5.97 Å². The summed E-state index contributed by atoms with van der Waals surface area (Å²) in [7, 11) is 0. The van der Waals surface area contributed by atoms with E-state index in [4.69, 9.17) is 28.0 Å². The van der Waals surface area contributed by atoms with Crippen LogP contribution < -0.4 is 22.9 Å². The molecule has 34 heteroatoms. The molecule has 4 bridgehead atoms. The molecule has 1 aromatic carbocycles. The number of carboxylic acid groups (broad SMARTS) is 1. The fraction of sp³-hybridized carbons (Fsp3) is 0.748. The zero-order chi connectivity index (χ0) is 109. The van der Waals surface area contributed by atoms with Gasteiger partial charge in [-0.1, -0.05) is 161 Å². The van der Waals surface area contributed by atoms with Gasteiger partial charge in [-0.3, -0.25) is 106 Å². The van der Waals surface area contributed by atoms with E-state index in [0.717, 1.165) is 12.8 Å². The Hall–Kier alpha value is -8.63. The minimum atomic E-state index is -1.39. The molecule has 3 fully saturated rings. The van der Waals surface area contributed by atoms with Crippen molar-refractivity contribution in [3.05, 3.63) is 35.9 Å². The Bertz CT molecular complexity index is 4490. The molecule has 3 saturated heterocycles. The van der Waals surface area contributed by atoms with Gasteiger partial charge in [0, 0.05) is 258 Å². The van der Waals surface area contributed by atoms with E-state index < -0.39 is 160 Å². The highest BCUT2D eigenvalue weighted by atomic mass is 32.2. The lowest BCUT2D eigenvalue weighted by Crippen LogP contribution is -2.59. The summed E-state index contributed by atoms with van der Waals surface area (Å²) < 4.78 is 0. The number of aliphatic hydroxyl groups excluding tert-OH is 1. The summed E-state index contributed by atoms with van der Waals surface area (Å²) in [6, 6.07) is 8.96. The first kappa shape index (κ1) is 131. The zero-order valence-corrected chi connectivity index (χ0v) is 92.9. The molecular formula is C111H177N9O22S3. The highest BCUT2D eigenvalue weighted by Gasteiger charge is 2.42. The number of carbonyl (C=O) groups excluding carboxylic acids is 19. The van der Waals surface area contributed by atoms with Gasteiger partial charge in [0.25, 0.3) is 0 Å². The molecular weight excluding hydrogens is 1910 g/mol. The van der Waals surface area contributed by atoms with Crippen molar-refractivity contribution >= 4 is 163 Å². The Morgan fingerprint density at radius 1 is 0.407 bits per heavy atom. The summed E-state index contributed by atoms with van der Waals surface area (Å²) in [6.45, 7) is 34.3. The van der Waals surface area contributed by atoms with E-state index in [0.29, 0.717) is 74.0 Å². The van der Waals surface area contributed by atoms with Crippen LogP contribution in [0.5, 0.6) is 0 Å². The maximum absolute atomic E-state index is 15.0. The van der Waals surface area contributed by atoms with E-state index in [1.165, 1.54) is 63.8 Å². The van der Waals surface area contributed by atoms with Gasteiger partial charge in [0.1, 0.15) is 92.5 Å². The van der Waals surface area contributed by atoms with Crippen molar-refractivity contribution in [3.63, 3.8) is 0 Å². The highest BCUT2D eigenvalue weighted by Crippen LogP contribution is 2.37. The van der Waals surface area contributed by atoms with Crippen LogP contribution in [0, 0.1) is 130 Å². The van der Waals surface area contributed by atoms with Crippen molar-refractivity contribution in [2.75, 3.05) is 67.6 Å². The molecule has 145 heavy (non-hydrogen) atoms. The monoisotopic (exact) mass is 2080 g/mol. The van der Waals surface area contributed by atoms with Crippen LogP contribution in [0.4, 0.5) is 0 Å². The highest BCUT2D eigenvalue weighted by molar-refractivity contribution is 7.99. The van der Waals surface area contributed by atoms with Gasteiger partial charge in [-0.15, -0.1) is 0 Å². The average Bonchev–Trinajstić information content (AvgIpc) is 0.831. The van der Waals surface area contributed by atoms with Crippen molar-refractivity contribution in [3.8, 4) is 0 Å². The molecule has 3 amide bonds. The van der Waals surface area contributed by atoms with Crippen molar-refractivity contribution in [2.45, 2.75) is 330 Å². The largest absolute Gasteiger partial charge is 0.481 e. The quantitative estimate of drug-likeness (QED) is 0.0212. The lowest BCUT2D eigenvalue weighted by molar-refractivity contribution is -0.158. The first-order chi connectivity index (χ1) is 68.0. The smallest absolute Gasteiger partial charge is 0.303 e. The molecule has 16 atom stereocenters. The number of amides is 3. The number of benzene rings is 1. The van der Waals surface area contributed by atoms with Gasteiger partial charge in [-0.05, 0) is 113 Å². The number of aliphatic carboxylic acids is 1. The lowest BCUT2D eigenvalue weighted by atomic mass is 9.77. The number of rotatable bonds is 34. The van der Waals surface area contributed by atoms with Crippen LogP contribution in [0.2, 0.25) is 0 Å². The summed E-state index contributed by atoms with van der Waals surface area (Å²) in [5, 5.41) is 20.5. The second kappa shape index (κ2) is 68.2. The molecule has 3 aliphatic heterocycles. The molecule has 0 saturated carbocycles. The van der Waals surface area contributed by atoms with Crippen molar-refractivity contribution < 1.29 is 106 Å². The zero-order valence-electron chi connectivity index (χ0n) is 90.5. The fourth-order valence-electron chi connectivity index (χ4n) is 19.2. The summed E-state index contributed by atoms with van der Waals surface area (Å²) in [4.78, 5) is 293. The number of guanidine groups is 2. The molecule has 3 aliphatic rings. The molecule has 0 aromatic heterocycles. The third-order valence-electron chi connectivity index (χ3n) is 28.6. The number of hydrogen-bond donors (Lipinski definition) is 6. The van der Waals surface area contributed by atoms with Gasteiger partial charge in [0.2, 0.25) is 17.7 Å². The van der Waals surface area contributed by atoms with E-state index in [9.17, 15) is 101 Å². The number of carbonyl (C=O) groups is 20. The Morgan fingerprint density at radius 3 is 1.24 bits per heavy atom. The SMILES string of the molecule is CC(=O)[C@H]1CSCCC(=O)N2CN3CN(C2)C(=O)CCSC[C@@H](C)C(=O)C[C@H](C(C)C)C(=O)CC(C)C(=O)C[C@H](C(C)C)C(=O)C[C@H](CSCCC3=O)C(=O)C[C@H](C)C(=O)C[C@H](CC(C)C)C(=O)C[C@H](Cc2ccccc2)C(=O)C[C@H](C(C)O)C(=O)C[C@H](CCCCN=C(N)N)C(=O)C[C@H](C)C(=O)C[C@H](C(C)C)C(=O)C1.CCC(=O)[C@@H](CCCCN=C(N)N)CC(=O)[C@@H](CCC(=O)O)CC(=O)C(CC(C)C)CC(C)C. The maximum Gasteiger partial charge on any atom is 0.303 e. The molecule has 0 aliphatic carbocycles. The van der Waals surface area contributed by atoms with Gasteiger partial charge in [0.15, 0.2) is 11.9 Å². The van der Waals surface area contributed by atoms with Crippen LogP contribution in [-0.2, 0) is 102 Å². The van der Waals surface area contributed by atoms with Gasteiger partial charge in [0.05, 0.1) is 32.0 Å². The minimum absolute atomic E-state index is 0.00104. The van der Waals surface area contributed by atoms with E-state index >= 15 is 0 Å². The summed E-state index contributed by atoms with van der Waals surface area (Å²) >= 11 is 3.90. The molecule has 1 aromatic rings. The molecule has 31 nitrogen and oxygen atoms in total. The average molecular weight is 2090 g/mol.